The molecule has 3 aliphatic heterocycles. The Balaban J connectivity index is 1.12. The molecule has 0 amide bonds. The third kappa shape index (κ3) is 6.21. The Morgan fingerprint density at radius 3 is 2.72 bits per heavy atom. The van der Waals surface area contributed by atoms with E-state index in [0.717, 1.165) is 42.3 Å². The zero-order chi connectivity index (χ0) is 29.3. The molecule has 3 atom stereocenters. The molecule has 2 aromatic carbocycles. The molecule has 8 nitrogen and oxygen atoms in total. The van der Waals surface area contributed by atoms with Crippen LogP contribution in [0.15, 0.2) is 97.4 Å². The van der Waals surface area contributed by atoms with Gasteiger partial charge in [0.05, 0.1) is 31.1 Å². The predicted octanol–water partition coefficient (Wildman–Crippen LogP) is 5.76. The summed E-state index contributed by atoms with van der Waals surface area (Å²) >= 11 is 3.61. The van der Waals surface area contributed by atoms with Gasteiger partial charge in [0.25, 0.3) is 0 Å². The fourth-order valence-corrected chi connectivity index (χ4v) is 8.33. The zero-order valence-corrected chi connectivity index (χ0v) is 25.9. The Labute approximate surface area is 260 Å². The molecule has 3 unspecified atom stereocenters. The number of rotatable bonds is 6. The van der Waals surface area contributed by atoms with Crippen LogP contribution in [0.2, 0.25) is 0 Å². The molecule has 5 heterocycles. The van der Waals surface area contributed by atoms with Crippen molar-refractivity contribution in [2.75, 3.05) is 56.7 Å². The van der Waals surface area contributed by atoms with Gasteiger partial charge in [-0.25, -0.2) is 0 Å². The summed E-state index contributed by atoms with van der Waals surface area (Å²) in [5.74, 6) is 0. The molecule has 7 rings (SSSR count). The number of nitrogens with zero attached hydrogens (tertiary/aromatic N) is 3. The lowest BCUT2D eigenvalue weighted by molar-refractivity contribution is -0.0297. The van der Waals surface area contributed by atoms with Crippen LogP contribution in [0.3, 0.4) is 0 Å². The van der Waals surface area contributed by atoms with Crippen LogP contribution < -0.4 is 15.8 Å². The summed E-state index contributed by atoms with van der Waals surface area (Å²) in [5, 5.41) is 3.78. The first-order chi connectivity index (χ1) is 21.0. The summed E-state index contributed by atoms with van der Waals surface area (Å²) in [4.78, 5) is 28.9. The standard InChI is InChI=1S/C33H35N5O3S2/c1-21-6-8-25(35-18-21)32(27-19-37(2)12-14-41-27)36-22-7-9-28-30(16-22)42-29-5-3-4-24(33(29)43-28)26-20-38(13-15-40-26)23-10-11-34-31(39)17-23/h3-11,16-18,26-27,32,36H,12-15,19-20H2,1-2H3,(H,34,39). The van der Waals surface area contributed by atoms with Crippen LogP contribution in [0.25, 0.3) is 0 Å². The average molecular weight is 614 g/mol. The highest BCUT2D eigenvalue weighted by Crippen LogP contribution is 2.52. The Hall–Kier alpha value is -3.28. The third-order valence-corrected chi connectivity index (χ3v) is 10.8. The Morgan fingerprint density at radius 1 is 0.977 bits per heavy atom. The van der Waals surface area contributed by atoms with Gasteiger partial charge in [-0.1, -0.05) is 41.7 Å². The Morgan fingerprint density at radius 2 is 1.88 bits per heavy atom. The molecule has 0 radical (unpaired) electrons. The van der Waals surface area contributed by atoms with Crippen molar-refractivity contribution in [3.05, 3.63) is 100 Å². The second-order valence-corrected chi connectivity index (χ2v) is 13.4. The average Bonchev–Trinajstić information content (AvgIpc) is 3.03. The number of anilines is 2. The highest BCUT2D eigenvalue weighted by molar-refractivity contribution is 8.05. The molecule has 0 saturated carbocycles. The van der Waals surface area contributed by atoms with E-state index in [9.17, 15) is 4.79 Å². The van der Waals surface area contributed by atoms with Crippen molar-refractivity contribution in [3.63, 3.8) is 0 Å². The van der Waals surface area contributed by atoms with E-state index in [1.807, 2.05) is 24.0 Å². The Kier molecular flexibility index (Phi) is 8.20. The SMILES string of the molecule is Cc1ccc(C(Nc2ccc3c(c2)Sc2cccc(C4CN(c5cc[nH]c(=O)c5)CCO4)c2S3)C2CN(C)CCO2)nc1. The van der Waals surface area contributed by atoms with E-state index in [1.165, 1.54) is 25.1 Å². The number of morpholine rings is 2. The first-order valence-electron chi connectivity index (χ1n) is 14.7. The van der Waals surface area contributed by atoms with Crippen LogP contribution in [0.5, 0.6) is 0 Å². The summed E-state index contributed by atoms with van der Waals surface area (Å²) in [5.41, 5.74) is 5.23. The Bertz CT molecular complexity index is 1660. The maximum Gasteiger partial charge on any atom is 0.249 e. The molecule has 3 aliphatic rings. The van der Waals surface area contributed by atoms with Gasteiger partial charge in [-0.05, 0) is 61.5 Å². The molecular weight excluding hydrogens is 579 g/mol. The van der Waals surface area contributed by atoms with E-state index < -0.39 is 0 Å². The maximum absolute atomic E-state index is 11.9. The fourth-order valence-electron chi connectivity index (χ4n) is 5.88. The van der Waals surface area contributed by atoms with Gasteiger partial charge >= 0.3 is 0 Å². The van der Waals surface area contributed by atoms with Crippen molar-refractivity contribution in [1.82, 2.24) is 14.9 Å². The lowest BCUT2D eigenvalue weighted by Gasteiger charge is -2.36. The number of hydrogen-bond acceptors (Lipinski definition) is 9. The molecule has 2 fully saturated rings. The number of hydrogen-bond donors (Lipinski definition) is 2. The van der Waals surface area contributed by atoms with Crippen LogP contribution in [0, 0.1) is 6.92 Å². The molecular formula is C33H35N5O3S2. The number of likely N-dealkylation sites (N-methyl/N-ethyl adjacent to an activating group) is 1. The van der Waals surface area contributed by atoms with Gasteiger partial charge in [0.15, 0.2) is 0 Å². The largest absolute Gasteiger partial charge is 0.374 e. The number of nitrogens with one attached hydrogen (secondary N) is 2. The normalized spacial score (nSPS) is 21.1. The van der Waals surface area contributed by atoms with Crippen molar-refractivity contribution >= 4 is 34.9 Å². The molecule has 43 heavy (non-hydrogen) atoms. The highest BCUT2D eigenvalue weighted by atomic mass is 32.2. The van der Waals surface area contributed by atoms with Gasteiger partial charge in [0, 0.05) is 75.6 Å². The molecule has 222 valence electrons. The number of aryl methyl sites for hydroxylation is 1. The first-order valence-corrected chi connectivity index (χ1v) is 16.3. The van der Waals surface area contributed by atoms with Crippen LogP contribution in [0.1, 0.15) is 29.0 Å². The van der Waals surface area contributed by atoms with Gasteiger partial charge in [-0.15, -0.1) is 0 Å². The molecule has 4 aromatic rings. The summed E-state index contributed by atoms with van der Waals surface area (Å²) in [6.45, 7) is 6.64. The summed E-state index contributed by atoms with van der Waals surface area (Å²) in [6, 6.07) is 20.9. The minimum atomic E-state index is -0.0879. The molecule has 2 saturated heterocycles. The van der Waals surface area contributed by atoms with Gasteiger partial charge in [0.2, 0.25) is 5.56 Å². The summed E-state index contributed by atoms with van der Waals surface area (Å²) in [7, 11) is 2.15. The quantitative estimate of drug-likeness (QED) is 0.249. The second kappa shape index (κ2) is 12.4. The van der Waals surface area contributed by atoms with Gasteiger partial charge < -0.3 is 29.6 Å². The lowest BCUT2D eigenvalue weighted by Crippen LogP contribution is -2.45. The predicted molar refractivity (Wildman–Crippen MR) is 172 cm³/mol. The maximum atomic E-state index is 11.9. The number of H-pyrrole nitrogens is 1. The zero-order valence-electron chi connectivity index (χ0n) is 24.3. The van der Waals surface area contributed by atoms with Crippen molar-refractivity contribution < 1.29 is 9.47 Å². The molecule has 0 spiro atoms. The van der Waals surface area contributed by atoms with E-state index in [0.29, 0.717) is 19.8 Å². The number of fused-ring (bicyclic) bond motifs is 2. The van der Waals surface area contributed by atoms with E-state index in [1.54, 1.807) is 24.0 Å². The molecule has 10 heteroatoms. The van der Waals surface area contributed by atoms with Crippen LogP contribution in [-0.4, -0.2) is 67.4 Å². The lowest BCUT2D eigenvalue weighted by atomic mass is 10.0. The smallest absolute Gasteiger partial charge is 0.249 e. The molecule has 0 aliphatic carbocycles. The van der Waals surface area contributed by atoms with Crippen molar-refractivity contribution in [2.24, 2.45) is 0 Å². The van der Waals surface area contributed by atoms with E-state index in [-0.39, 0.29) is 23.8 Å². The van der Waals surface area contributed by atoms with Crippen LogP contribution in [-0.2, 0) is 9.47 Å². The molecule has 2 N–H and O–H groups in total. The summed E-state index contributed by atoms with van der Waals surface area (Å²) in [6.07, 6.45) is 3.56. The van der Waals surface area contributed by atoms with E-state index >= 15 is 0 Å². The number of ether oxygens (including phenoxy) is 2. The van der Waals surface area contributed by atoms with E-state index in [2.05, 4.69) is 82.6 Å². The number of benzene rings is 2. The summed E-state index contributed by atoms with van der Waals surface area (Å²) < 4.78 is 12.5. The van der Waals surface area contributed by atoms with Crippen molar-refractivity contribution in [2.45, 2.75) is 44.8 Å². The van der Waals surface area contributed by atoms with E-state index in [4.69, 9.17) is 14.5 Å². The number of aromatic nitrogens is 2. The molecule has 0 bridgehead atoms. The number of aromatic amines is 1. The minimum absolute atomic E-state index is 0.000364. The topological polar surface area (TPSA) is 82.7 Å². The second-order valence-electron chi connectivity index (χ2n) is 11.3. The highest BCUT2D eigenvalue weighted by Gasteiger charge is 2.31. The van der Waals surface area contributed by atoms with Crippen LogP contribution in [0.4, 0.5) is 11.4 Å². The van der Waals surface area contributed by atoms with Gasteiger partial charge in [-0.2, -0.15) is 0 Å². The fraction of sp³-hybridized carbons (Fsp3) is 0.333. The van der Waals surface area contributed by atoms with Crippen molar-refractivity contribution in [3.8, 4) is 0 Å². The van der Waals surface area contributed by atoms with Gasteiger partial charge in [-0.3, -0.25) is 9.78 Å². The molecule has 2 aromatic heterocycles. The van der Waals surface area contributed by atoms with Crippen molar-refractivity contribution in [1.29, 1.82) is 0 Å². The minimum Gasteiger partial charge on any atom is -0.374 e. The first kappa shape index (κ1) is 28.5. The number of pyridine rings is 2. The monoisotopic (exact) mass is 613 g/mol. The van der Waals surface area contributed by atoms with Crippen LogP contribution >= 0.6 is 23.5 Å². The van der Waals surface area contributed by atoms with Gasteiger partial charge in [0.1, 0.15) is 6.10 Å². The third-order valence-electron chi connectivity index (χ3n) is 8.17.